The maximum Gasteiger partial charge on any atom is 0.187 e. The lowest BCUT2D eigenvalue weighted by atomic mass is 10.4. The quantitative estimate of drug-likeness (QED) is 0.408. The Morgan fingerprint density at radius 3 is 2.38 bits per heavy atom. The van der Waals surface area contributed by atoms with Crippen LogP contribution in [-0.2, 0) is 9.53 Å². The minimum absolute atomic E-state index is 0.107. The summed E-state index contributed by atoms with van der Waals surface area (Å²) >= 11 is 0. The van der Waals surface area contributed by atoms with Crippen LogP contribution < -0.4 is 5.73 Å². The van der Waals surface area contributed by atoms with E-state index in [0.717, 1.165) is 0 Å². The minimum atomic E-state index is -0.107. The van der Waals surface area contributed by atoms with Gasteiger partial charge in [-0.05, 0) is 6.92 Å². The lowest BCUT2D eigenvalue weighted by Gasteiger charge is -1.93. The highest BCUT2D eigenvalue weighted by Gasteiger charge is 1.87. The Labute approximate surface area is 48.1 Å². The fourth-order valence-electron chi connectivity index (χ4n) is 0.259. The molecule has 0 saturated heterocycles. The molecular formula is C5H9NO2. The van der Waals surface area contributed by atoms with Crippen molar-refractivity contribution in [3.8, 4) is 0 Å². The standard InChI is InChI=1S/C5H9NO2/c1-4(7)3-5(6)8-2/h3H,6H2,1-2H3/b5-3-. The van der Waals surface area contributed by atoms with Crippen LogP contribution in [0.4, 0.5) is 0 Å². The first-order valence-electron chi connectivity index (χ1n) is 2.18. The number of hydrogen-bond acceptors (Lipinski definition) is 3. The lowest BCUT2D eigenvalue weighted by molar-refractivity contribution is -0.112. The number of hydrogen-bond donors (Lipinski definition) is 1. The van der Waals surface area contributed by atoms with E-state index in [1.54, 1.807) is 0 Å². The van der Waals surface area contributed by atoms with Gasteiger partial charge in [-0.15, -0.1) is 0 Å². The van der Waals surface area contributed by atoms with E-state index in [2.05, 4.69) is 4.74 Å². The second-order valence-corrected chi connectivity index (χ2v) is 1.36. The summed E-state index contributed by atoms with van der Waals surface area (Å²) < 4.78 is 4.48. The average Bonchev–Trinajstić information content (AvgIpc) is 1.65. The topological polar surface area (TPSA) is 52.3 Å². The van der Waals surface area contributed by atoms with Crippen LogP contribution in [-0.4, -0.2) is 12.9 Å². The van der Waals surface area contributed by atoms with Crippen molar-refractivity contribution in [2.75, 3.05) is 7.11 Å². The normalized spacial score (nSPS) is 11.0. The predicted molar refractivity (Wildman–Crippen MR) is 30.0 cm³/mol. The molecule has 0 bridgehead atoms. The highest BCUT2D eigenvalue weighted by Crippen LogP contribution is 1.82. The van der Waals surface area contributed by atoms with E-state index in [4.69, 9.17) is 5.73 Å². The Hall–Kier alpha value is -0.990. The first-order chi connectivity index (χ1) is 3.66. The molecule has 0 unspecified atom stereocenters. The van der Waals surface area contributed by atoms with Crippen molar-refractivity contribution in [2.45, 2.75) is 6.92 Å². The van der Waals surface area contributed by atoms with E-state index in [9.17, 15) is 4.79 Å². The highest BCUT2D eigenvalue weighted by molar-refractivity contribution is 5.87. The van der Waals surface area contributed by atoms with Gasteiger partial charge in [0.2, 0.25) is 0 Å². The number of nitrogens with two attached hydrogens (primary N) is 1. The molecule has 3 heteroatoms. The Morgan fingerprint density at radius 2 is 2.25 bits per heavy atom. The van der Waals surface area contributed by atoms with E-state index >= 15 is 0 Å². The lowest BCUT2D eigenvalue weighted by Crippen LogP contribution is -2.01. The first-order valence-corrected chi connectivity index (χ1v) is 2.18. The van der Waals surface area contributed by atoms with Gasteiger partial charge in [-0.1, -0.05) is 0 Å². The van der Waals surface area contributed by atoms with Crippen LogP contribution in [0.3, 0.4) is 0 Å². The molecule has 0 heterocycles. The molecule has 0 aliphatic rings. The zero-order valence-electron chi connectivity index (χ0n) is 4.97. The zero-order valence-corrected chi connectivity index (χ0v) is 4.97. The van der Waals surface area contributed by atoms with Crippen molar-refractivity contribution < 1.29 is 9.53 Å². The van der Waals surface area contributed by atoms with Crippen LogP contribution in [0.2, 0.25) is 0 Å². The number of ether oxygens (including phenoxy) is 1. The third-order valence-corrected chi connectivity index (χ3v) is 0.581. The van der Waals surface area contributed by atoms with Crippen molar-refractivity contribution in [3.05, 3.63) is 12.0 Å². The Kier molecular flexibility index (Phi) is 2.69. The molecule has 2 N–H and O–H groups in total. The van der Waals surface area contributed by atoms with E-state index in [-0.39, 0.29) is 11.7 Å². The second kappa shape index (κ2) is 3.07. The van der Waals surface area contributed by atoms with Crippen LogP contribution in [0.5, 0.6) is 0 Å². The molecule has 3 nitrogen and oxygen atoms in total. The van der Waals surface area contributed by atoms with Crippen molar-refractivity contribution in [2.24, 2.45) is 5.73 Å². The number of methoxy groups -OCH3 is 1. The Balaban J connectivity index is 3.75. The average molecular weight is 115 g/mol. The van der Waals surface area contributed by atoms with Crippen LogP contribution in [0, 0.1) is 0 Å². The molecule has 0 aromatic heterocycles. The molecule has 0 aliphatic carbocycles. The van der Waals surface area contributed by atoms with Crippen molar-refractivity contribution in [3.63, 3.8) is 0 Å². The molecule has 0 aromatic carbocycles. The van der Waals surface area contributed by atoms with E-state index in [1.165, 1.54) is 20.1 Å². The SMILES string of the molecule is CO/C(N)=C\C(C)=O. The van der Waals surface area contributed by atoms with E-state index < -0.39 is 0 Å². The molecule has 8 heavy (non-hydrogen) atoms. The van der Waals surface area contributed by atoms with Gasteiger partial charge in [-0.25, -0.2) is 0 Å². The Morgan fingerprint density at radius 1 is 1.75 bits per heavy atom. The monoisotopic (exact) mass is 115 g/mol. The smallest absolute Gasteiger partial charge is 0.187 e. The van der Waals surface area contributed by atoms with Gasteiger partial charge in [0.1, 0.15) is 0 Å². The number of carbonyl (C=O) groups is 1. The van der Waals surface area contributed by atoms with Gasteiger partial charge in [-0.3, -0.25) is 4.79 Å². The minimum Gasteiger partial charge on any atom is -0.483 e. The molecule has 0 atom stereocenters. The molecule has 0 fully saturated rings. The van der Waals surface area contributed by atoms with Crippen LogP contribution >= 0.6 is 0 Å². The van der Waals surface area contributed by atoms with Gasteiger partial charge >= 0.3 is 0 Å². The summed E-state index contributed by atoms with van der Waals surface area (Å²) in [5.41, 5.74) is 5.09. The molecular weight excluding hydrogens is 106 g/mol. The number of allylic oxidation sites excluding steroid dienone is 1. The second-order valence-electron chi connectivity index (χ2n) is 1.36. The van der Waals surface area contributed by atoms with Gasteiger partial charge in [0.25, 0.3) is 0 Å². The first kappa shape index (κ1) is 7.01. The molecule has 0 rings (SSSR count). The summed E-state index contributed by atoms with van der Waals surface area (Å²) in [6.45, 7) is 1.41. The Bertz CT molecular complexity index is 118. The maximum atomic E-state index is 10.2. The summed E-state index contributed by atoms with van der Waals surface area (Å²) in [6.07, 6.45) is 1.22. The predicted octanol–water partition coefficient (Wildman–Crippen LogP) is 0.0219. The largest absolute Gasteiger partial charge is 0.483 e. The third-order valence-electron chi connectivity index (χ3n) is 0.581. The highest BCUT2D eigenvalue weighted by atomic mass is 16.5. The van der Waals surface area contributed by atoms with Crippen LogP contribution in [0.25, 0.3) is 0 Å². The van der Waals surface area contributed by atoms with Gasteiger partial charge in [0.15, 0.2) is 11.7 Å². The summed E-state index contributed by atoms with van der Waals surface area (Å²) in [5, 5.41) is 0. The summed E-state index contributed by atoms with van der Waals surface area (Å²) in [4.78, 5) is 10.2. The van der Waals surface area contributed by atoms with Crippen LogP contribution in [0.1, 0.15) is 6.92 Å². The van der Waals surface area contributed by atoms with Crippen molar-refractivity contribution in [1.82, 2.24) is 0 Å². The maximum absolute atomic E-state index is 10.2. The number of carbonyl (C=O) groups excluding carboxylic acids is 1. The van der Waals surface area contributed by atoms with Crippen molar-refractivity contribution >= 4 is 5.78 Å². The van der Waals surface area contributed by atoms with Gasteiger partial charge in [0, 0.05) is 6.08 Å². The molecule has 0 spiro atoms. The molecule has 0 amide bonds. The molecule has 46 valence electrons. The van der Waals surface area contributed by atoms with Gasteiger partial charge in [-0.2, -0.15) is 0 Å². The zero-order chi connectivity index (χ0) is 6.57. The summed E-state index contributed by atoms with van der Waals surface area (Å²) in [6, 6.07) is 0. The van der Waals surface area contributed by atoms with Crippen molar-refractivity contribution in [1.29, 1.82) is 0 Å². The molecule has 0 saturated carbocycles. The molecule has 0 radical (unpaired) electrons. The van der Waals surface area contributed by atoms with E-state index in [0.29, 0.717) is 0 Å². The molecule has 0 aliphatic heterocycles. The van der Waals surface area contributed by atoms with Gasteiger partial charge < -0.3 is 10.5 Å². The fraction of sp³-hybridized carbons (Fsp3) is 0.400. The molecule has 0 aromatic rings. The third kappa shape index (κ3) is 3.21. The summed E-state index contributed by atoms with van der Waals surface area (Å²) in [5.74, 6) is 0.0434. The van der Waals surface area contributed by atoms with Gasteiger partial charge in [0.05, 0.1) is 7.11 Å². The number of ketones is 1. The summed E-state index contributed by atoms with van der Waals surface area (Å²) in [7, 11) is 1.41. The van der Waals surface area contributed by atoms with E-state index in [1.807, 2.05) is 0 Å². The fourth-order valence-corrected chi connectivity index (χ4v) is 0.259. The number of rotatable bonds is 2. The van der Waals surface area contributed by atoms with Crippen LogP contribution in [0.15, 0.2) is 12.0 Å².